The van der Waals surface area contributed by atoms with Crippen molar-refractivity contribution in [2.24, 2.45) is 0 Å². The highest BCUT2D eigenvalue weighted by molar-refractivity contribution is 5.70. The minimum absolute atomic E-state index is 0.149. The third-order valence-electron chi connectivity index (χ3n) is 15.7. The van der Waals surface area contributed by atoms with Crippen LogP contribution in [0.5, 0.6) is 0 Å². The summed E-state index contributed by atoms with van der Waals surface area (Å²) in [6.45, 7) is 4.69. The van der Waals surface area contributed by atoms with Crippen molar-refractivity contribution in [1.29, 1.82) is 0 Å². The minimum atomic E-state index is -1.62. The van der Waals surface area contributed by atoms with E-state index in [0.717, 1.165) is 70.6 Å². The number of carbonyl (C=O) groups excluding carboxylic acids is 3. The lowest BCUT2D eigenvalue weighted by Gasteiger charge is -2.26. The first-order chi connectivity index (χ1) is 41.1. The Hall–Kier alpha value is -3.27. The highest BCUT2D eigenvalue weighted by atomic mass is 16.7. The van der Waals surface area contributed by atoms with Crippen molar-refractivity contribution in [3.8, 4) is 0 Å². The highest BCUT2D eigenvalue weighted by Gasteiger charge is 2.22. The topological polar surface area (TPSA) is 111 Å². The second-order valence-electron chi connectivity index (χ2n) is 25.2. The summed E-state index contributed by atoms with van der Waals surface area (Å²) in [6, 6.07) is 0. The summed E-state index contributed by atoms with van der Waals surface area (Å²) < 4.78 is 22.8. The minimum Gasteiger partial charge on any atom is -0.545 e. The number of unbranched alkanes of at least 4 members (excludes halogenated alkanes) is 39. The molecular weight excluding hydrogens is 1040 g/mol. The molecule has 0 aliphatic heterocycles. The molecule has 488 valence electrons. The molecule has 2 unspecified atom stereocenters. The average molecular weight is 1180 g/mol. The first kappa shape index (κ1) is 80.7. The van der Waals surface area contributed by atoms with Gasteiger partial charge in [0.2, 0.25) is 0 Å². The standard InChI is InChI=1S/C75H135NO8/c1-6-8-10-12-14-16-18-20-22-24-26-28-29-30-31-32-33-34-35-36-37-38-39-40-41-42-43-44-45-46-48-50-52-54-56-58-60-62-64-66-73(78)84-71(70-83-75(74(79)80)81-68-67-76(3,4)5)69-82-72(77)65-63-61-59-57-55-53-51-49-47-27-25-23-21-19-17-15-13-11-9-7-2/h8,10,14,16,20,22,26,28,30-31,33-34,71,75H,6-7,9,11-13,15,17-19,21,23-25,27,29,32,35-70H2,1-5H3/b10-8-,16-14-,22-20-,28-26-,31-30-,34-33-. The maximum absolute atomic E-state index is 12.9. The van der Waals surface area contributed by atoms with E-state index < -0.39 is 24.3 Å². The molecule has 0 aliphatic rings. The van der Waals surface area contributed by atoms with Gasteiger partial charge in [-0.3, -0.25) is 9.59 Å². The van der Waals surface area contributed by atoms with Crippen LogP contribution in [0.3, 0.4) is 0 Å². The first-order valence-corrected chi connectivity index (χ1v) is 35.6. The number of carbonyl (C=O) groups is 3. The van der Waals surface area contributed by atoms with Gasteiger partial charge < -0.3 is 33.3 Å². The number of quaternary nitrogens is 1. The van der Waals surface area contributed by atoms with Crippen molar-refractivity contribution < 1.29 is 42.9 Å². The first-order valence-electron chi connectivity index (χ1n) is 35.6. The lowest BCUT2D eigenvalue weighted by Crippen LogP contribution is -2.44. The molecule has 0 fully saturated rings. The van der Waals surface area contributed by atoms with Crippen LogP contribution in [0.2, 0.25) is 0 Å². The van der Waals surface area contributed by atoms with E-state index in [4.69, 9.17) is 18.9 Å². The van der Waals surface area contributed by atoms with Crippen molar-refractivity contribution in [3.05, 3.63) is 72.9 Å². The number of hydrogen-bond donors (Lipinski definition) is 0. The molecule has 0 heterocycles. The molecule has 84 heavy (non-hydrogen) atoms. The van der Waals surface area contributed by atoms with Crippen molar-refractivity contribution in [2.75, 3.05) is 47.5 Å². The molecule has 0 aromatic carbocycles. The summed E-state index contributed by atoms with van der Waals surface area (Å²) in [4.78, 5) is 37.5. The molecule has 0 aliphatic carbocycles. The Morgan fingerprint density at radius 3 is 1.01 bits per heavy atom. The Balaban J connectivity index is 4.01. The van der Waals surface area contributed by atoms with Crippen LogP contribution in [-0.2, 0) is 33.3 Å². The predicted octanol–water partition coefficient (Wildman–Crippen LogP) is 20.7. The van der Waals surface area contributed by atoms with Crippen LogP contribution in [-0.4, -0.2) is 82.3 Å². The second kappa shape index (κ2) is 65.7. The summed E-state index contributed by atoms with van der Waals surface area (Å²) in [5, 5.41) is 11.8. The van der Waals surface area contributed by atoms with Crippen LogP contribution in [0.15, 0.2) is 72.9 Å². The van der Waals surface area contributed by atoms with E-state index in [-0.39, 0.29) is 32.2 Å². The van der Waals surface area contributed by atoms with Gasteiger partial charge in [0.15, 0.2) is 12.4 Å². The van der Waals surface area contributed by atoms with E-state index in [9.17, 15) is 19.5 Å². The van der Waals surface area contributed by atoms with Gasteiger partial charge in [0.1, 0.15) is 13.2 Å². The van der Waals surface area contributed by atoms with Crippen LogP contribution in [0, 0.1) is 0 Å². The normalized spacial score (nSPS) is 13.1. The smallest absolute Gasteiger partial charge is 0.306 e. The maximum Gasteiger partial charge on any atom is 0.306 e. The molecule has 0 rings (SSSR count). The molecule has 2 atom stereocenters. The Bertz CT molecular complexity index is 1610. The van der Waals surface area contributed by atoms with Gasteiger partial charge in [-0.15, -0.1) is 0 Å². The van der Waals surface area contributed by atoms with E-state index in [2.05, 4.69) is 86.8 Å². The molecule has 0 aromatic rings. The van der Waals surface area contributed by atoms with E-state index in [0.29, 0.717) is 23.9 Å². The average Bonchev–Trinajstić information content (AvgIpc) is 3.52. The summed E-state index contributed by atoms with van der Waals surface area (Å²) in [7, 11) is 5.94. The quantitative estimate of drug-likeness (QED) is 0.0195. The number of nitrogens with zero attached hydrogens (tertiary/aromatic N) is 1. The Morgan fingerprint density at radius 1 is 0.369 bits per heavy atom. The van der Waals surface area contributed by atoms with Gasteiger partial charge in [-0.05, 0) is 64.2 Å². The van der Waals surface area contributed by atoms with Crippen LogP contribution in [0.1, 0.15) is 328 Å². The summed E-state index contributed by atoms with van der Waals surface area (Å²) in [5.74, 6) is -2.26. The summed E-state index contributed by atoms with van der Waals surface area (Å²) in [6.07, 6.45) is 84.2. The van der Waals surface area contributed by atoms with Crippen molar-refractivity contribution in [2.45, 2.75) is 341 Å². The third kappa shape index (κ3) is 66.3. The zero-order valence-electron chi connectivity index (χ0n) is 55.8. The number of hydrogen-bond acceptors (Lipinski definition) is 8. The van der Waals surface area contributed by atoms with Gasteiger partial charge in [0.25, 0.3) is 0 Å². The molecule has 0 saturated heterocycles. The molecular formula is C75H135NO8. The Labute approximate surface area is 519 Å². The third-order valence-corrected chi connectivity index (χ3v) is 15.7. The monoisotopic (exact) mass is 1180 g/mol. The van der Waals surface area contributed by atoms with Crippen molar-refractivity contribution >= 4 is 17.9 Å². The molecule has 0 N–H and O–H groups in total. The molecule has 9 nitrogen and oxygen atoms in total. The molecule has 0 bridgehead atoms. The zero-order valence-corrected chi connectivity index (χ0v) is 55.8. The number of ether oxygens (including phenoxy) is 4. The fourth-order valence-corrected chi connectivity index (χ4v) is 10.3. The zero-order chi connectivity index (χ0) is 61.2. The fraction of sp³-hybridized carbons (Fsp3) is 0.800. The number of allylic oxidation sites excluding steroid dienone is 12. The van der Waals surface area contributed by atoms with Gasteiger partial charge in [0.05, 0.1) is 40.3 Å². The molecule has 0 aromatic heterocycles. The highest BCUT2D eigenvalue weighted by Crippen LogP contribution is 2.18. The summed E-state index contributed by atoms with van der Waals surface area (Å²) in [5.41, 5.74) is 0. The predicted molar refractivity (Wildman–Crippen MR) is 357 cm³/mol. The van der Waals surface area contributed by atoms with Crippen LogP contribution in [0.25, 0.3) is 0 Å². The van der Waals surface area contributed by atoms with Crippen LogP contribution < -0.4 is 5.11 Å². The molecule has 0 radical (unpaired) electrons. The van der Waals surface area contributed by atoms with Gasteiger partial charge in [-0.1, -0.05) is 324 Å². The summed E-state index contributed by atoms with van der Waals surface area (Å²) >= 11 is 0. The Morgan fingerprint density at radius 2 is 0.679 bits per heavy atom. The molecule has 0 spiro atoms. The number of likely N-dealkylation sites (N-methyl/N-ethyl adjacent to an activating group) is 1. The van der Waals surface area contributed by atoms with Crippen LogP contribution in [0.4, 0.5) is 0 Å². The SMILES string of the molecule is CC/C=C\C/C=C\C/C=C\C/C=C\C/C=C\C/C=C\CCCCCCCCCCCCCCCCCCCCCCC(=O)OC(COC(=O)CCCCCCCCCCCCCCCCCCCCCC)COC(OCC[N+](C)(C)C)C(=O)[O-]. The molecule has 0 saturated carbocycles. The fourth-order valence-electron chi connectivity index (χ4n) is 10.3. The van der Waals surface area contributed by atoms with Gasteiger partial charge in [-0.2, -0.15) is 0 Å². The number of carboxylic acids is 1. The lowest BCUT2D eigenvalue weighted by molar-refractivity contribution is -0.870. The van der Waals surface area contributed by atoms with E-state index in [1.165, 1.54) is 225 Å². The van der Waals surface area contributed by atoms with E-state index in [1.807, 2.05) is 21.1 Å². The largest absolute Gasteiger partial charge is 0.545 e. The second-order valence-corrected chi connectivity index (χ2v) is 25.2. The number of rotatable bonds is 66. The van der Waals surface area contributed by atoms with Crippen molar-refractivity contribution in [3.63, 3.8) is 0 Å². The lowest BCUT2D eigenvalue weighted by atomic mass is 10.0. The van der Waals surface area contributed by atoms with Crippen LogP contribution >= 0.6 is 0 Å². The Kier molecular flexibility index (Phi) is 63.1. The van der Waals surface area contributed by atoms with Gasteiger partial charge in [0, 0.05) is 12.8 Å². The number of carboxylic acid groups (broad SMARTS) is 1. The molecule has 0 amide bonds. The molecule has 9 heteroatoms. The van der Waals surface area contributed by atoms with Gasteiger partial charge >= 0.3 is 11.9 Å². The number of esters is 2. The van der Waals surface area contributed by atoms with Crippen molar-refractivity contribution in [1.82, 2.24) is 0 Å². The van der Waals surface area contributed by atoms with E-state index in [1.54, 1.807) is 0 Å². The number of aliphatic carboxylic acids is 1. The van der Waals surface area contributed by atoms with Gasteiger partial charge in [-0.25, -0.2) is 0 Å². The maximum atomic E-state index is 12.9. The van der Waals surface area contributed by atoms with E-state index >= 15 is 0 Å².